The van der Waals surface area contributed by atoms with E-state index in [-0.39, 0.29) is 17.5 Å². The molecule has 4 nitrogen and oxygen atoms in total. The third kappa shape index (κ3) is 1.40. The van der Waals surface area contributed by atoms with Crippen LogP contribution in [0.2, 0.25) is 0 Å². The highest BCUT2D eigenvalue weighted by molar-refractivity contribution is 5.19. The average molecular weight is 181 g/mol. The van der Waals surface area contributed by atoms with E-state index in [0.29, 0.717) is 0 Å². The lowest BCUT2D eigenvalue weighted by Crippen LogP contribution is -2.19. The molecule has 13 heavy (non-hydrogen) atoms. The number of nitrogens with zero attached hydrogens (tertiary/aromatic N) is 2. The van der Waals surface area contributed by atoms with Crippen molar-refractivity contribution in [1.82, 2.24) is 0 Å². The van der Waals surface area contributed by atoms with Gasteiger partial charge in [0.1, 0.15) is 5.60 Å². The molecule has 4 heteroatoms. The predicted octanol–water partition coefficient (Wildman–Crippen LogP) is 2.34. The number of aliphatic hydroxyl groups is 1. The maximum atomic E-state index is 9.39. The highest BCUT2D eigenvalue weighted by atomic mass is 16.6. The van der Waals surface area contributed by atoms with Crippen molar-refractivity contribution in [3.8, 4) is 0 Å². The van der Waals surface area contributed by atoms with Crippen molar-refractivity contribution >= 4 is 0 Å². The number of hydrogen-bond acceptors (Lipinski definition) is 3. The Morgan fingerprint density at radius 1 is 1.46 bits per heavy atom. The van der Waals surface area contributed by atoms with Crippen LogP contribution in [0.1, 0.15) is 32.1 Å². The predicted molar refractivity (Wildman–Crippen MR) is 46.5 cm³/mol. The number of epoxide rings is 1. The van der Waals surface area contributed by atoms with Crippen molar-refractivity contribution < 1.29 is 9.84 Å². The van der Waals surface area contributed by atoms with Gasteiger partial charge in [-0.25, -0.2) is 0 Å². The highest BCUT2D eigenvalue weighted by Crippen LogP contribution is 2.50. The van der Waals surface area contributed by atoms with Crippen LogP contribution in [0.25, 0.3) is 4.98 Å². The van der Waals surface area contributed by atoms with Gasteiger partial charge in [-0.2, -0.15) is 0 Å². The fourth-order valence-corrected chi connectivity index (χ4v) is 2.19. The van der Waals surface area contributed by atoms with Crippen molar-refractivity contribution in [3.05, 3.63) is 16.9 Å². The molecule has 0 aromatic carbocycles. The minimum atomic E-state index is -0.219. The second-order valence-corrected chi connectivity index (χ2v) is 3.79. The van der Waals surface area contributed by atoms with Gasteiger partial charge in [-0.1, -0.05) is 19.3 Å². The Labute approximate surface area is 76.8 Å². The molecule has 0 radical (unpaired) electrons. The molecule has 1 spiro atoms. The molecule has 0 unspecified atom stereocenters. The Morgan fingerprint density at radius 3 is 2.77 bits per heavy atom. The summed E-state index contributed by atoms with van der Waals surface area (Å²) in [5.74, 6) is 0.0457. The second-order valence-electron chi connectivity index (χ2n) is 3.79. The van der Waals surface area contributed by atoms with E-state index in [0.717, 1.165) is 19.0 Å². The third-order valence-corrected chi connectivity index (χ3v) is 2.93. The van der Waals surface area contributed by atoms with Crippen LogP contribution in [0.15, 0.2) is 12.0 Å². The number of hydrogen-bond donors (Lipinski definition) is 1. The van der Waals surface area contributed by atoms with Crippen molar-refractivity contribution in [2.75, 3.05) is 0 Å². The molecule has 1 saturated carbocycles. The average Bonchev–Trinajstić information content (AvgIpc) is 2.81. The molecule has 2 fully saturated rings. The molecule has 1 atom stereocenters. The first kappa shape index (κ1) is 8.52. The molecule has 1 aliphatic carbocycles. The van der Waals surface area contributed by atoms with Crippen LogP contribution in [-0.4, -0.2) is 16.8 Å². The van der Waals surface area contributed by atoms with Gasteiger partial charge in [0.2, 0.25) is 11.2 Å². The first-order valence-electron chi connectivity index (χ1n) is 4.69. The van der Waals surface area contributed by atoms with Crippen LogP contribution in [-0.2, 0) is 4.74 Å². The van der Waals surface area contributed by atoms with Gasteiger partial charge in [0.25, 0.3) is 0 Å². The largest absolute Gasteiger partial charge is 0.503 e. The fraction of sp³-hybridized carbons (Fsp3) is 0.778. The van der Waals surface area contributed by atoms with Gasteiger partial charge in [-0.05, 0) is 12.8 Å². The van der Waals surface area contributed by atoms with E-state index in [2.05, 4.69) is 4.98 Å². The van der Waals surface area contributed by atoms with E-state index in [1.54, 1.807) is 0 Å². The smallest absolute Gasteiger partial charge is 0.390 e. The Morgan fingerprint density at radius 2 is 2.15 bits per heavy atom. The Bertz CT molecular complexity index is 274. The summed E-state index contributed by atoms with van der Waals surface area (Å²) in [5, 5.41) is 17.6. The van der Waals surface area contributed by atoms with E-state index >= 15 is 0 Å². The summed E-state index contributed by atoms with van der Waals surface area (Å²) in [6, 6.07) is 0. The lowest BCUT2D eigenvalue weighted by molar-refractivity contribution is 0.231. The van der Waals surface area contributed by atoms with Gasteiger partial charge in [0.05, 0.1) is 0 Å². The zero-order valence-electron chi connectivity index (χ0n) is 7.44. The fourth-order valence-electron chi connectivity index (χ4n) is 2.19. The summed E-state index contributed by atoms with van der Waals surface area (Å²) in [4.78, 5) is 2.78. The van der Waals surface area contributed by atoms with Gasteiger partial charge >= 0.3 is 6.20 Å². The van der Waals surface area contributed by atoms with Gasteiger partial charge in [-0.15, -0.1) is 0 Å². The number of diazo groups is 1. The van der Waals surface area contributed by atoms with E-state index in [4.69, 9.17) is 10.1 Å². The van der Waals surface area contributed by atoms with Crippen LogP contribution in [0.3, 0.4) is 0 Å². The van der Waals surface area contributed by atoms with E-state index in [9.17, 15) is 5.11 Å². The normalized spacial score (nSPS) is 31.3. The number of rotatable bonds is 1. The Balaban J connectivity index is 2.00. The summed E-state index contributed by atoms with van der Waals surface area (Å²) >= 11 is 0. The van der Waals surface area contributed by atoms with Crippen molar-refractivity contribution in [2.45, 2.75) is 43.8 Å². The zero-order valence-corrected chi connectivity index (χ0v) is 7.44. The first-order valence-corrected chi connectivity index (χ1v) is 4.69. The lowest BCUT2D eigenvalue weighted by Gasteiger charge is -2.17. The van der Waals surface area contributed by atoms with Crippen molar-refractivity contribution in [2.24, 2.45) is 0 Å². The SMILES string of the molecule is N#[N+]C=C(O)[C@@H]1OC12CCCCC2. The minimum absolute atomic E-state index is 0.0457. The van der Waals surface area contributed by atoms with Crippen LogP contribution in [0.4, 0.5) is 0 Å². The quantitative estimate of drug-likeness (QED) is 0.383. The molecular weight excluding hydrogens is 168 g/mol. The van der Waals surface area contributed by atoms with Crippen LogP contribution < -0.4 is 0 Å². The molecule has 70 valence electrons. The summed E-state index contributed by atoms with van der Waals surface area (Å²) in [6.07, 6.45) is 6.45. The molecule has 0 bridgehead atoms. The summed E-state index contributed by atoms with van der Waals surface area (Å²) in [5.41, 5.74) is -0.122. The zero-order chi connectivity index (χ0) is 9.31. The van der Waals surface area contributed by atoms with E-state index in [1.807, 2.05) is 0 Å². The molecule has 2 rings (SSSR count). The van der Waals surface area contributed by atoms with E-state index in [1.165, 1.54) is 19.3 Å². The number of ether oxygens (including phenoxy) is 1. The van der Waals surface area contributed by atoms with Crippen molar-refractivity contribution in [1.29, 1.82) is 5.39 Å². The Hall–Kier alpha value is -1.08. The first-order chi connectivity index (χ1) is 6.28. The minimum Gasteiger partial charge on any atom is -0.503 e. The summed E-state index contributed by atoms with van der Waals surface area (Å²) < 4.78 is 5.47. The standard InChI is InChI=1S/C9H12N2O2/c10-11-6-7(12)8-9(13-8)4-2-1-3-5-9/h6,8H,1-5H2/p+1/t8-/m0/s1. The third-order valence-electron chi connectivity index (χ3n) is 2.93. The van der Waals surface area contributed by atoms with Crippen LogP contribution in [0, 0.1) is 5.39 Å². The molecule has 0 aromatic heterocycles. The summed E-state index contributed by atoms with van der Waals surface area (Å²) in [7, 11) is 0. The van der Waals surface area contributed by atoms with Gasteiger partial charge < -0.3 is 9.84 Å². The molecule has 1 saturated heterocycles. The molecule has 1 aliphatic heterocycles. The van der Waals surface area contributed by atoms with Crippen molar-refractivity contribution in [3.63, 3.8) is 0 Å². The van der Waals surface area contributed by atoms with Crippen LogP contribution in [0.5, 0.6) is 0 Å². The lowest BCUT2D eigenvalue weighted by atomic mass is 9.86. The Kier molecular flexibility index (Phi) is 1.97. The van der Waals surface area contributed by atoms with Gasteiger partial charge in [0, 0.05) is 0 Å². The molecule has 2 aliphatic rings. The second kappa shape index (κ2) is 3.00. The van der Waals surface area contributed by atoms with Gasteiger partial charge in [-0.3, -0.25) is 0 Å². The molecule has 1 N–H and O–H groups in total. The molecule has 0 aromatic rings. The highest BCUT2D eigenvalue weighted by Gasteiger charge is 2.59. The van der Waals surface area contributed by atoms with Crippen LogP contribution >= 0.6 is 0 Å². The molecule has 0 amide bonds. The summed E-state index contributed by atoms with van der Waals surface area (Å²) in [6.45, 7) is 0. The maximum Gasteiger partial charge on any atom is 0.390 e. The monoisotopic (exact) mass is 181 g/mol. The molecule has 1 heterocycles. The molecular formula is C9H13N2O2+. The number of aliphatic hydroxyl groups excluding tert-OH is 1. The van der Waals surface area contributed by atoms with Gasteiger partial charge in [0.15, 0.2) is 11.1 Å². The topological polar surface area (TPSA) is 60.9 Å². The van der Waals surface area contributed by atoms with E-state index < -0.39 is 0 Å². The maximum absolute atomic E-state index is 9.39.